The van der Waals surface area contributed by atoms with E-state index in [0.717, 1.165) is 5.56 Å². The normalized spacial score (nSPS) is 10.1. The summed E-state index contributed by atoms with van der Waals surface area (Å²) in [5.74, 6) is 0.143. The molecule has 0 fully saturated rings. The summed E-state index contributed by atoms with van der Waals surface area (Å²) in [6.07, 6.45) is 0. The molecule has 0 radical (unpaired) electrons. The highest BCUT2D eigenvalue weighted by atomic mass is 16.5. The van der Waals surface area contributed by atoms with Crippen LogP contribution >= 0.6 is 0 Å². The van der Waals surface area contributed by atoms with Crippen LogP contribution in [-0.4, -0.2) is 18.9 Å². The first-order chi connectivity index (χ1) is 13.1. The fraction of sp³-hybridized carbons (Fsp3) is 0.0909. The van der Waals surface area contributed by atoms with Crippen LogP contribution in [0.15, 0.2) is 72.8 Å². The fourth-order valence-electron chi connectivity index (χ4n) is 2.56. The molecule has 0 bridgehead atoms. The maximum Gasteiger partial charge on any atom is 0.255 e. The number of amides is 2. The SMILES string of the molecule is COc1ccccc1NC(=O)c1ccc(NC(=O)c2ccc(C)cc2)cc1. The van der Waals surface area contributed by atoms with Crippen molar-refractivity contribution in [2.75, 3.05) is 17.7 Å². The van der Waals surface area contributed by atoms with E-state index in [9.17, 15) is 9.59 Å². The molecule has 2 N–H and O–H groups in total. The van der Waals surface area contributed by atoms with E-state index in [1.165, 1.54) is 0 Å². The quantitative estimate of drug-likeness (QED) is 0.703. The Kier molecular flexibility index (Phi) is 5.52. The summed E-state index contributed by atoms with van der Waals surface area (Å²) in [4.78, 5) is 24.7. The molecule has 3 aromatic rings. The second kappa shape index (κ2) is 8.19. The molecule has 0 aromatic heterocycles. The average molecular weight is 360 g/mol. The number of ether oxygens (including phenoxy) is 1. The first-order valence-electron chi connectivity index (χ1n) is 8.49. The lowest BCUT2D eigenvalue weighted by molar-refractivity contribution is 0.101. The lowest BCUT2D eigenvalue weighted by Gasteiger charge is -2.10. The molecule has 136 valence electrons. The van der Waals surface area contributed by atoms with Gasteiger partial charge in [-0.3, -0.25) is 9.59 Å². The summed E-state index contributed by atoms with van der Waals surface area (Å²) in [5, 5.41) is 5.64. The van der Waals surface area contributed by atoms with Gasteiger partial charge in [0.05, 0.1) is 12.8 Å². The van der Waals surface area contributed by atoms with Gasteiger partial charge in [0.2, 0.25) is 0 Å². The van der Waals surface area contributed by atoms with E-state index in [-0.39, 0.29) is 11.8 Å². The van der Waals surface area contributed by atoms with E-state index < -0.39 is 0 Å². The summed E-state index contributed by atoms with van der Waals surface area (Å²) in [7, 11) is 1.55. The first kappa shape index (κ1) is 18.2. The minimum Gasteiger partial charge on any atom is -0.495 e. The number of carbonyl (C=O) groups is 2. The topological polar surface area (TPSA) is 67.4 Å². The van der Waals surface area contributed by atoms with Crippen molar-refractivity contribution in [2.24, 2.45) is 0 Å². The molecule has 0 unspecified atom stereocenters. The Morgan fingerprint density at radius 1 is 0.741 bits per heavy atom. The monoisotopic (exact) mass is 360 g/mol. The van der Waals surface area contributed by atoms with Crippen molar-refractivity contribution in [3.63, 3.8) is 0 Å². The molecule has 2 amide bonds. The van der Waals surface area contributed by atoms with Gasteiger partial charge in [0.25, 0.3) is 11.8 Å². The molecule has 0 saturated heterocycles. The largest absolute Gasteiger partial charge is 0.495 e. The maximum atomic E-state index is 12.4. The van der Waals surface area contributed by atoms with Gasteiger partial charge in [0.15, 0.2) is 0 Å². The lowest BCUT2D eigenvalue weighted by Crippen LogP contribution is -2.14. The number of benzene rings is 3. The second-order valence-electron chi connectivity index (χ2n) is 6.05. The minimum absolute atomic E-state index is 0.193. The highest BCUT2D eigenvalue weighted by Gasteiger charge is 2.10. The fourth-order valence-corrected chi connectivity index (χ4v) is 2.56. The predicted molar refractivity (Wildman–Crippen MR) is 107 cm³/mol. The van der Waals surface area contributed by atoms with Crippen molar-refractivity contribution in [3.8, 4) is 5.75 Å². The third kappa shape index (κ3) is 4.52. The van der Waals surface area contributed by atoms with Crippen molar-refractivity contribution in [1.82, 2.24) is 0 Å². The second-order valence-corrected chi connectivity index (χ2v) is 6.05. The molecule has 0 saturated carbocycles. The van der Waals surface area contributed by atoms with E-state index in [2.05, 4.69) is 10.6 Å². The summed E-state index contributed by atoms with van der Waals surface area (Å²) >= 11 is 0. The zero-order valence-corrected chi connectivity index (χ0v) is 15.2. The minimum atomic E-state index is -0.254. The average Bonchev–Trinajstić information content (AvgIpc) is 2.69. The van der Waals surface area contributed by atoms with Gasteiger partial charge >= 0.3 is 0 Å². The van der Waals surface area contributed by atoms with Gasteiger partial charge in [0.1, 0.15) is 5.75 Å². The van der Waals surface area contributed by atoms with Gasteiger partial charge < -0.3 is 15.4 Å². The van der Waals surface area contributed by atoms with Gasteiger partial charge in [-0.05, 0) is 55.5 Å². The first-order valence-corrected chi connectivity index (χ1v) is 8.49. The zero-order valence-electron chi connectivity index (χ0n) is 15.2. The predicted octanol–water partition coefficient (Wildman–Crippen LogP) is 4.51. The van der Waals surface area contributed by atoms with Crippen molar-refractivity contribution >= 4 is 23.2 Å². The number of para-hydroxylation sites is 2. The highest BCUT2D eigenvalue weighted by Crippen LogP contribution is 2.24. The number of rotatable bonds is 5. The van der Waals surface area contributed by atoms with Crippen LogP contribution in [-0.2, 0) is 0 Å². The number of anilines is 2. The van der Waals surface area contributed by atoms with Crippen LogP contribution in [0.2, 0.25) is 0 Å². The number of methoxy groups -OCH3 is 1. The van der Waals surface area contributed by atoms with Crippen molar-refractivity contribution in [3.05, 3.63) is 89.5 Å². The maximum absolute atomic E-state index is 12.4. The van der Waals surface area contributed by atoms with Crippen LogP contribution in [0.3, 0.4) is 0 Å². The molecule has 0 aliphatic rings. The smallest absolute Gasteiger partial charge is 0.255 e. The Morgan fingerprint density at radius 3 is 1.93 bits per heavy atom. The number of nitrogens with one attached hydrogen (secondary N) is 2. The molecule has 3 aromatic carbocycles. The molecular weight excluding hydrogens is 340 g/mol. The number of hydrogen-bond donors (Lipinski definition) is 2. The Hall–Kier alpha value is -3.60. The van der Waals surface area contributed by atoms with E-state index >= 15 is 0 Å². The molecule has 3 rings (SSSR count). The molecule has 0 aliphatic heterocycles. The molecule has 5 heteroatoms. The highest BCUT2D eigenvalue weighted by molar-refractivity contribution is 6.06. The molecule has 0 atom stereocenters. The summed E-state index contributed by atoms with van der Waals surface area (Å²) in [6, 6.07) is 21.3. The molecule has 0 spiro atoms. The third-order valence-electron chi connectivity index (χ3n) is 4.07. The number of hydrogen-bond acceptors (Lipinski definition) is 3. The van der Waals surface area contributed by atoms with Crippen molar-refractivity contribution in [1.29, 1.82) is 0 Å². The van der Waals surface area contributed by atoms with Crippen LogP contribution in [0, 0.1) is 6.92 Å². The molecule has 27 heavy (non-hydrogen) atoms. The Morgan fingerprint density at radius 2 is 1.30 bits per heavy atom. The van der Waals surface area contributed by atoms with Crippen LogP contribution in [0.25, 0.3) is 0 Å². The van der Waals surface area contributed by atoms with E-state index in [0.29, 0.717) is 28.3 Å². The Balaban J connectivity index is 1.66. The third-order valence-corrected chi connectivity index (χ3v) is 4.07. The summed E-state index contributed by atoms with van der Waals surface area (Å²) in [6.45, 7) is 1.97. The van der Waals surface area contributed by atoms with E-state index in [1.54, 1.807) is 55.6 Å². The molecular formula is C22H20N2O3. The molecule has 5 nitrogen and oxygen atoms in total. The van der Waals surface area contributed by atoms with E-state index in [1.807, 2.05) is 31.2 Å². The molecule has 0 heterocycles. The Labute approximate surface area is 158 Å². The van der Waals surface area contributed by atoms with Crippen LogP contribution in [0.1, 0.15) is 26.3 Å². The van der Waals surface area contributed by atoms with Gasteiger partial charge in [0, 0.05) is 16.8 Å². The van der Waals surface area contributed by atoms with Gasteiger partial charge in [-0.1, -0.05) is 29.8 Å². The van der Waals surface area contributed by atoms with Crippen molar-refractivity contribution < 1.29 is 14.3 Å². The Bertz CT molecular complexity index is 948. The standard InChI is InChI=1S/C22H20N2O3/c1-15-7-9-16(10-8-15)21(25)23-18-13-11-17(12-14-18)22(26)24-19-5-3-4-6-20(19)27-2/h3-14H,1-2H3,(H,23,25)(H,24,26). The van der Waals surface area contributed by atoms with Gasteiger partial charge in [-0.15, -0.1) is 0 Å². The molecule has 0 aliphatic carbocycles. The van der Waals surface area contributed by atoms with Gasteiger partial charge in [-0.25, -0.2) is 0 Å². The van der Waals surface area contributed by atoms with Gasteiger partial charge in [-0.2, -0.15) is 0 Å². The van der Waals surface area contributed by atoms with Crippen molar-refractivity contribution in [2.45, 2.75) is 6.92 Å². The summed E-state index contributed by atoms with van der Waals surface area (Å²) < 4.78 is 5.23. The number of aryl methyl sites for hydroxylation is 1. The number of carbonyl (C=O) groups excluding carboxylic acids is 2. The van der Waals surface area contributed by atoms with Crippen LogP contribution < -0.4 is 15.4 Å². The van der Waals surface area contributed by atoms with Crippen LogP contribution in [0.4, 0.5) is 11.4 Å². The van der Waals surface area contributed by atoms with E-state index in [4.69, 9.17) is 4.74 Å². The summed E-state index contributed by atoms with van der Waals surface area (Å²) in [5.41, 5.74) is 3.38. The lowest BCUT2D eigenvalue weighted by atomic mass is 10.1. The zero-order chi connectivity index (χ0) is 19.2. The van der Waals surface area contributed by atoms with Crippen LogP contribution in [0.5, 0.6) is 5.75 Å².